The lowest BCUT2D eigenvalue weighted by atomic mass is 10.00. The Kier molecular flexibility index (Phi) is 4.07. The van der Waals surface area contributed by atoms with Crippen LogP contribution in [-0.2, 0) is 0 Å². The zero-order chi connectivity index (χ0) is 13.0. The molecule has 1 fully saturated rings. The van der Waals surface area contributed by atoms with Gasteiger partial charge < -0.3 is 15.0 Å². The minimum Gasteiger partial charge on any atom is -0.497 e. The van der Waals surface area contributed by atoms with Crippen LogP contribution in [0.5, 0.6) is 5.75 Å². The minimum atomic E-state index is -0.00735. The van der Waals surface area contributed by atoms with Crippen LogP contribution in [0.1, 0.15) is 19.8 Å². The van der Waals surface area contributed by atoms with Gasteiger partial charge >= 0.3 is 6.03 Å². The quantitative estimate of drug-likeness (QED) is 0.874. The highest BCUT2D eigenvalue weighted by molar-refractivity contribution is 5.89. The normalized spacial score (nSPS) is 16.4. The summed E-state index contributed by atoms with van der Waals surface area (Å²) >= 11 is 0. The standard InChI is InChI=1S/C14H20N2O2/c1-11-7-9-16(10-8-11)14(17)15-12-3-5-13(18-2)6-4-12/h3-6,11H,7-10H2,1-2H3,(H,15,17). The maximum Gasteiger partial charge on any atom is 0.321 e. The molecule has 0 unspecified atom stereocenters. The van der Waals surface area contributed by atoms with Crippen LogP contribution in [0.25, 0.3) is 0 Å². The van der Waals surface area contributed by atoms with Crippen LogP contribution < -0.4 is 10.1 Å². The first-order chi connectivity index (χ1) is 8.69. The average Bonchev–Trinajstić information content (AvgIpc) is 2.40. The molecule has 0 spiro atoms. The van der Waals surface area contributed by atoms with Crippen molar-refractivity contribution in [2.75, 3.05) is 25.5 Å². The maximum atomic E-state index is 12.0. The molecule has 1 aliphatic heterocycles. The second-order valence-corrected chi connectivity index (χ2v) is 4.83. The summed E-state index contributed by atoms with van der Waals surface area (Å²) in [6.07, 6.45) is 2.19. The van der Waals surface area contributed by atoms with E-state index >= 15 is 0 Å². The average molecular weight is 248 g/mol. The summed E-state index contributed by atoms with van der Waals surface area (Å²) in [6.45, 7) is 3.94. The first-order valence-corrected chi connectivity index (χ1v) is 6.39. The topological polar surface area (TPSA) is 41.6 Å². The number of carbonyl (C=O) groups is 1. The first kappa shape index (κ1) is 12.7. The van der Waals surface area contributed by atoms with Crippen LogP contribution in [0.15, 0.2) is 24.3 Å². The predicted molar refractivity (Wildman–Crippen MR) is 72.0 cm³/mol. The van der Waals surface area contributed by atoms with Crippen molar-refractivity contribution in [3.63, 3.8) is 0 Å². The van der Waals surface area contributed by atoms with E-state index in [2.05, 4.69) is 12.2 Å². The second kappa shape index (κ2) is 5.76. The first-order valence-electron chi connectivity index (χ1n) is 6.39. The lowest BCUT2D eigenvalue weighted by molar-refractivity contribution is 0.186. The molecule has 2 rings (SSSR count). The number of hydrogen-bond acceptors (Lipinski definition) is 2. The van der Waals surface area contributed by atoms with Crippen molar-refractivity contribution >= 4 is 11.7 Å². The van der Waals surface area contributed by atoms with Gasteiger partial charge in [-0.3, -0.25) is 0 Å². The van der Waals surface area contributed by atoms with Crippen molar-refractivity contribution in [3.05, 3.63) is 24.3 Å². The number of methoxy groups -OCH3 is 1. The van der Waals surface area contributed by atoms with Crippen LogP contribution in [0.4, 0.5) is 10.5 Å². The molecule has 0 atom stereocenters. The van der Waals surface area contributed by atoms with Gasteiger partial charge in [-0.2, -0.15) is 0 Å². The van der Waals surface area contributed by atoms with E-state index in [1.807, 2.05) is 29.2 Å². The molecular weight excluding hydrogens is 228 g/mol. The Balaban J connectivity index is 1.90. The van der Waals surface area contributed by atoms with E-state index in [9.17, 15) is 4.79 Å². The van der Waals surface area contributed by atoms with E-state index in [0.29, 0.717) is 0 Å². The van der Waals surface area contributed by atoms with Crippen molar-refractivity contribution in [2.24, 2.45) is 5.92 Å². The van der Waals surface area contributed by atoms with Gasteiger partial charge in [0.1, 0.15) is 5.75 Å². The van der Waals surface area contributed by atoms with Gasteiger partial charge in [0.15, 0.2) is 0 Å². The molecule has 0 bridgehead atoms. The number of anilines is 1. The van der Waals surface area contributed by atoms with Gasteiger partial charge in [0, 0.05) is 18.8 Å². The lowest BCUT2D eigenvalue weighted by Crippen LogP contribution is -2.40. The molecule has 18 heavy (non-hydrogen) atoms. The maximum absolute atomic E-state index is 12.0. The van der Waals surface area contributed by atoms with Gasteiger partial charge in [-0.1, -0.05) is 6.92 Å². The van der Waals surface area contributed by atoms with Gasteiger partial charge in [0.2, 0.25) is 0 Å². The van der Waals surface area contributed by atoms with Crippen LogP contribution in [-0.4, -0.2) is 31.1 Å². The Morgan fingerprint density at radius 2 is 1.89 bits per heavy atom. The highest BCUT2D eigenvalue weighted by Gasteiger charge is 2.19. The molecule has 4 heteroatoms. The molecule has 4 nitrogen and oxygen atoms in total. The van der Waals surface area contributed by atoms with Gasteiger partial charge in [-0.15, -0.1) is 0 Å². The fourth-order valence-electron chi connectivity index (χ4n) is 2.09. The summed E-state index contributed by atoms with van der Waals surface area (Å²) in [4.78, 5) is 13.9. The van der Waals surface area contributed by atoms with Crippen LogP contribution >= 0.6 is 0 Å². The summed E-state index contributed by atoms with van der Waals surface area (Å²) < 4.78 is 5.08. The largest absolute Gasteiger partial charge is 0.497 e. The van der Waals surface area contributed by atoms with E-state index in [-0.39, 0.29) is 6.03 Å². The number of hydrogen-bond donors (Lipinski definition) is 1. The molecule has 1 aromatic rings. The third-order valence-corrected chi connectivity index (χ3v) is 3.41. The monoisotopic (exact) mass is 248 g/mol. The summed E-state index contributed by atoms with van der Waals surface area (Å²) in [5.41, 5.74) is 0.805. The zero-order valence-corrected chi connectivity index (χ0v) is 11.0. The molecule has 0 saturated carbocycles. The van der Waals surface area contributed by atoms with E-state index in [4.69, 9.17) is 4.74 Å². The molecule has 1 heterocycles. The molecule has 1 aliphatic rings. The number of benzene rings is 1. The number of piperidine rings is 1. The van der Waals surface area contributed by atoms with E-state index in [0.717, 1.165) is 43.3 Å². The molecule has 1 aromatic carbocycles. The van der Waals surface area contributed by atoms with Gasteiger partial charge in [0.25, 0.3) is 0 Å². The third kappa shape index (κ3) is 3.15. The molecule has 0 aromatic heterocycles. The van der Waals surface area contributed by atoms with Gasteiger partial charge in [-0.25, -0.2) is 4.79 Å². The van der Waals surface area contributed by atoms with E-state index in [1.54, 1.807) is 7.11 Å². The molecule has 2 amide bonds. The molecular formula is C14H20N2O2. The number of nitrogens with zero attached hydrogens (tertiary/aromatic N) is 1. The van der Waals surface area contributed by atoms with Crippen molar-refractivity contribution in [3.8, 4) is 5.75 Å². The SMILES string of the molecule is COc1ccc(NC(=O)N2CCC(C)CC2)cc1. The molecule has 98 valence electrons. The van der Waals surface area contributed by atoms with Crippen molar-refractivity contribution < 1.29 is 9.53 Å². The number of ether oxygens (including phenoxy) is 1. The number of nitrogens with one attached hydrogen (secondary N) is 1. The Labute approximate surface area is 108 Å². The Hall–Kier alpha value is -1.71. The highest BCUT2D eigenvalue weighted by Crippen LogP contribution is 2.18. The molecule has 0 aliphatic carbocycles. The van der Waals surface area contributed by atoms with Crippen molar-refractivity contribution in [2.45, 2.75) is 19.8 Å². The summed E-state index contributed by atoms with van der Waals surface area (Å²) in [5, 5.41) is 2.91. The number of amides is 2. The Morgan fingerprint density at radius 3 is 2.44 bits per heavy atom. The summed E-state index contributed by atoms with van der Waals surface area (Å²) in [6, 6.07) is 7.38. The van der Waals surface area contributed by atoms with E-state index in [1.165, 1.54) is 0 Å². The number of carbonyl (C=O) groups excluding carboxylic acids is 1. The number of rotatable bonds is 2. The summed E-state index contributed by atoms with van der Waals surface area (Å²) in [5.74, 6) is 1.52. The third-order valence-electron chi connectivity index (χ3n) is 3.41. The highest BCUT2D eigenvalue weighted by atomic mass is 16.5. The molecule has 1 N–H and O–H groups in total. The lowest BCUT2D eigenvalue weighted by Gasteiger charge is -2.30. The minimum absolute atomic E-state index is 0.00735. The van der Waals surface area contributed by atoms with E-state index < -0.39 is 0 Å². The van der Waals surface area contributed by atoms with Crippen molar-refractivity contribution in [1.82, 2.24) is 4.90 Å². The molecule has 0 radical (unpaired) electrons. The Bertz CT molecular complexity index is 395. The fraction of sp³-hybridized carbons (Fsp3) is 0.500. The Morgan fingerprint density at radius 1 is 1.28 bits per heavy atom. The zero-order valence-electron chi connectivity index (χ0n) is 11.0. The van der Waals surface area contributed by atoms with Crippen LogP contribution in [0, 0.1) is 5.92 Å². The van der Waals surface area contributed by atoms with Crippen LogP contribution in [0.2, 0.25) is 0 Å². The predicted octanol–water partition coefficient (Wildman–Crippen LogP) is 2.96. The van der Waals surface area contributed by atoms with Crippen LogP contribution in [0.3, 0.4) is 0 Å². The number of urea groups is 1. The molecule has 1 saturated heterocycles. The van der Waals surface area contributed by atoms with Gasteiger partial charge in [-0.05, 0) is 43.0 Å². The van der Waals surface area contributed by atoms with Gasteiger partial charge in [0.05, 0.1) is 7.11 Å². The number of likely N-dealkylation sites (tertiary alicyclic amines) is 1. The smallest absolute Gasteiger partial charge is 0.321 e. The fourth-order valence-corrected chi connectivity index (χ4v) is 2.09. The second-order valence-electron chi connectivity index (χ2n) is 4.83. The van der Waals surface area contributed by atoms with Crippen molar-refractivity contribution in [1.29, 1.82) is 0 Å². The summed E-state index contributed by atoms with van der Waals surface area (Å²) in [7, 11) is 1.63.